The highest BCUT2D eigenvalue weighted by molar-refractivity contribution is 8.80. The van der Waals surface area contributed by atoms with Crippen LogP contribution in [0.4, 0.5) is 5.69 Å². The number of hydrogen-bond acceptors (Lipinski definition) is 6. The van der Waals surface area contributed by atoms with Crippen LogP contribution in [0.15, 0.2) is 47.4 Å². The van der Waals surface area contributed by atoms with E-state index < -0.39 is 0 Å². The maximum atomic E-state index is 12.9. The largest absolute Gasteiger partial charge is 0.497 e. The number of ether oxygens (including phenoxy) is 1. The average Bonchev–Trinajstić information content (AvgIpc) is 3.07. The highest BCUT2D eigenvalue weighted by Crippen LogP contribution is 2.61. The molecule has 0 saturated heterocycles. The van der Waals surface area contributed by atoms with Gasteiger partial charge in [0.1, 0.15) is 5.75 Å². The molecule has 2 aliphatic rings. The van der Waals surface area contributed by atoms with Crippen molar-refractivity contribution in [3.8, 4) is 5.75 Å². The Labute approximate surface area is 172 Å². The van der Waals surface area contributed by atoms with Crippen LogP contribution < -0.4 is 10.1 Å². The SMILES string of the molecule is COc1ccc2c(c1)C1=C(SSC1SC(=O)c1ccc(C)cc1)C(C)(C)N2. The number of methoxy groups -OCH3 is 1. The van der Waals surface area contributed by atoms with E-state index in [0.717, 1.165) is 28.1 Å². The Morgan fingerprint density at radius 1 is 1.19 bits per heavy atom. The highest BCUT2D eigenvalue weighted by atomic mass is 33.1. The Morgan fingerprint density at radius 2 is 1.93 bits per heavy atom. The number of rotatable bonds is 3. The molecule has 0 aromatic heterocycles. The lowest BCUT2D eigenvalue weighted by Gasteiger charge is -2.35. The van der Waals surface area contributed by atoms with Gasteiger partial charge in [0, 0.05) is 21.7 Å². The smallest absolute Gasteiger partial charge is 0.220 e. The van der Waals surface area contributed by atoms with Gasteiger partial charge in [0.15, 0.2) is 0 Å². The molecule has 1 unspecified atom stereocenters. The summed E-state index contributed by atoms with van der Waals surface area (Å²) in [5, 5.41) is 3.74. The number of benzene rings is 2. The van der Waals surface area contributed by atoms with E-state index >= 15 is 0 Å². The molecular weight excluding hydrogens is 394 g/mol. The minimum Gasteiger partial charge on any atom is -0.497 e. The van der Waals surface area contributed by atoms with Crippen LogP contribution in [0.1, 0.15) is 35.3 Å². The third-order valence-electron chi connectivity index (χ3n) is 4.73. The lowest BCUT2D eigenvalue weighted by molar-refractivity contribution is 0.108. The van der Waals surface area contributed by atoms with Crippen molar-refractivity contribution in [2.45, 2.75) is 30.9 Å². The van der Waals surface area contributed by atoms with Gasteiger partial charge in [0.05, 0.1) is 17.2 Å². The molecule has 0 fully saturated rings. The monoisotopic (exact) mass is 415 g/mol. The van der Waals surface area contributed by atoms with Crippen LogP contribution in [-0.2, 0) is 0 Å². The fourth-order valence-electron chi connectivity index (χ4n) is 3.29. The summed E-state index contributed by atoms with van der Waals surface area (Å²) in [7, 11) is 5.22. The van der Waals surface area contributed by atoms with E-state index in [2.05, 4.69) is 31.3 Å². The number of fused-ring (bicyclic) bond motifs is 2. The van der Waals surface area contributed by atoms with Crippen molar-refractivity contribution < 1.29 is 9.53 Å². The second-order valence-corrected chi connectivity index (χ2v) is 10.9. The van der Waals surface area contributed by atoms with Gasteiger partial charge < -0.3 is 10.1 Å². The first-order valence-electron chi connectivity index (χ1n) is 8.71. The first-order chi connectivity index (χ1) is 12.9. The molecule has 0 aliphatic carbocycles. The van der Waals surface area contributed by atoms with Crippen molar-refractivity contribution in [3.63, 3.8) is 0 Å². The Balaban J connectivity index is 1.70. The lowest BCUT2D eigenvalue weighted by atomic mass is 9.90. The summed E-state index contributed by atoms with van der Waals surface area (Å²) < 4.78 is 5.50. The summed E-state index contributed by atoms with van der Waals surface area (Å²) >= 11 is 1.41. The lowest BCUT2D eigenvalue weighted by Crippen LogP contribution is -2.35. The van der Waals surface area contributed by atoms with Crippen LogP contribution in [0.3, 0.4) is 0 Å². The van der Waals surface area contributed by atoms with Crippen molar-refractivity contribution in [2.24, 2.45) is 0 Å². The number of carbonyl (C=O) groups is 1. The molecule has 2 aliphatic heterocycles. The van der Waals surface area contributed by atoms with E-state index in [0.29, 0.717) is 0 Å². The molecule has 2 aromatic rings. The van der Waals surface area contributed by atoms with Gasteiger partial charge >= 0.3 is 0 Å². The van der Waals surface area contributed by atoms with E-state index in [4.69, 9.17) is 4.74 Å². The first-order valence-corrected chi connectivity index (χ1v) is 11.8. The zero-order valence-electron chi connectivity index (χ0n) is 15.7. The maximum Gasteiger partial charge on any atom is 0.220 e. The maximum absolute atomic E-state index is 12.9. The standard InChI is InChI=1S/C21H21NO2S3/c1-12-5-7-13(8-6-12)19(23)25-20-17-15-11-14(24-4)9-10-16(15)22-21(2,3)18(17)26-27-20/h5-11,20,22H,1-4H3. The van der Waals surface area contributed by atoms with Gasteiger partial charge in [-0.2, -0.15) is 0 Å². The third-order valence-corrected chi connectivity index (χ3v) is 9.34. The van der Waals surface area contributed by atoms with Crippen LogP contribution in [0.2, 0.25) is 0 Å². The zero-order valence-corrected chi connectivity index (χ0v) is 18.1. The molecule has 4 rings (SSSR count). The van der Waals surface area contributed by atoms with Gasteiger partial charge in [-0.3, -0.25) is 4.79 Å². The molecule has 0 bridgehead atoms. The molecule has 2 aromatic carbocycles. The first kappa shape index (κ1) is 18.8. The molecule has 1 N–H and O–H groups in total. The molecule has 0 saturated carbocycles. The molecule has 3 nitrogen and oxygen atoms in total. The fraction of sp³-hybridized carbons (Fsp3) is 0.286. The van der Waals surface area contributed by atoms with E-state index in [1.165, 1.54) is 22.2 Å². The number of anilines is 1. The van der Waals surface area contributed by atoms with Gasteiger partial charge in [-0.05, 0) is 44.5 Å². The number of carbonyl (C=O) groups excluding carboxylic acids is 1. The van der Waals surface area contributed by atoms with Crippen LogP contribution in [-0.4, -0.2) is 22.3 Å². The Hall–Kier alpha value is -1.50. The Morgan fingerprint density at radius 3 is 2.63 bits per heavy atom. The minimum atomic E-state index is -0.156. The molecular formula is C21H21NO2S3. The van der Waals surface area contributed by atoms with Crippen molar-refractivity contribution in [1.82, 2.24) is 0 Å². The second kappa shape index (κ2) is 7.15. The van der Waals surface area contributed by atoms with Gasteiger partial charge in [0.2, 0.25) is 5.12 Å². The van der Waals surface area contributed by atoms with Crippen molar-refractivity contribution >= 4 is 49.7 Å². The van der Waals surface area contributed by atoms with Crippen LogP contribution in [0, 0.1) is 6.92 Å². The van der Waals surface area contributed by atoms with Crippen LogP contribution >= 0.6 is 33.3 Å². The number of nitrogens with one attached hydrogen (secondary N) is 1. The highest BCUT2D eigenvalue weighted by Gasteiger charge is 2.42. The van der Waals surface area contributed by atoms with Crippen molar-refractivity contribution in [3.05, 3.63) is 64.1 Å². The normalized spacial score (nSPS) is 19.9. The molecule has 1 atom stereocenters. The molecule has 0 radical (unpaired) electrons. The number of hydrogen-bond donors (Lipinski definition) is 1. The predicted octanol–water partition coefficient (Wildman–Crippen LogP) is 6.21. The number of thioether (sulfide) groups is 1. The minimum absolute atomic E-state index is 0.0611. The summed E-state index contributed by atoms with van der Waals surface area (Å²) in [5.74, 6) is 0.831. The third kappa shape index (κ3) is 3.50. The summed E-state index contributed by atoms with van der Waals surface area (Å²) in [4.78, 5) is 14.2. The summed E-state index contributed by atoms with van der Waals surface area (Å²) in [5.41, 5.74) is 5.23. The van der Waals surface area contributed by atoms with E-state index in [1.807, 2.05) is 37.3 Å². The topological polar surface area (TPSA) is 38.3 Å². The Bertz CT molecular complexity index is 935. The van der Waals surface area contributed by atoms with Crippen LogP contribution in [0.5, 0.6) is 5.75 Å². The second-order valence-electron chi connectivity index (χ2n) is 7.19. The average molecular weight is 416 g/mol. The summed E-state index contributed by atoms with van der Waals surface area (Å²) in [6.07, 6.45) is 0. The fourth-order valence-corrected chi connectivity index (χ4v) is 8.23. The van der Waals surface area contributed by atoms with Gasteiger partial charge in [0.25, 0.3) is 0 Å². The molecule has 0 spiro atoms. The molecule has 0 amide bonds. The predicted molar refractivity (Wildman–Crippen MR) is 120 cm³/mol. The van der Waals surface area contributed by atoms with Gasteiger partial charge in [-0.25, -0.2) is 0 Å². The zero-order chi connectivity index (χ0) is 19.2. The summed E-state index contributed by atoms with van der Waals surface area (Å²) in [6, 6.07) is 13.9. The number of aryl methyl sites for hydroxylation is 1. The van der Waals surface area contributed by atoms with E-state index in [9.17, 15) is 4.79 Å². The van der Waals surface area contributed by atoms with Crippen molar-refractivity contribution in [2.75, 3.05) is 12.4 Å². The molecule has 2 heterocycles. The quantitative estimate of drug-likeness (QED) is 0.601. The van der Waals surface area contributed by atoms with E-state index in [1.54, 1.807) is 28.7 Å². The molecule has 6 heteroatoms. The molecule has 140 valence electrons. The summed E-state index contributed by atoms with van der Waals surface area (Å²) in [6.45, 7) is 6.42. The Kier molecular flexibility index (Phi) is 4.99. The van der Waals surface area contributed by atoms with Gasteiger partial charge in [-0.1, -0.05) is 63.2 Å². The van der Waals surface area contributed by atoms with Crippen molar-refractivity contribution in [1.29, 1.82) is 0 Å². The van der Waals surface area contributed by atoms with Crippen LogP contribution in [0.25, 0.3) is 5.57 Å². The van der Waals surface area contributed by atoms with Gasteiger partial charge in [-0.15, -0.1) is 0 Å². The molecule has 27 heavy (non-hydrogen) atoms. The van der Waals surface area contributed by atoms with E-state index in [-0.39, 0.29) is 15.2 Å².